The number of carbonyl (C=O) groups is 2. The topological polar surface area (TPSA) is 58.2 Å². The lowest BCUT2D eigenvalue weighted by Crippen LogP contribution is -2.46. The maximum atomic E-state index is 12.9. The van der Waals surface area contributed by atoms with Crippen LogP contribution in [0.5, 0.6) is 0 Å². The fourth-order valence-electron chi connectivity index (χ4n) is 3.40. The monoisotopic (exact) mass is 344 g/mol. The smallest absolute Gasteiger partial charge is 0.230 e. The van der Waals surface area contributed by atoms with Crippen LogP contribution in [0, 0.1) is 5.41 Å². The van der Waals surface area contributed by atoms with Crippen molar-refractivity contribution >= 4 is 17.5 Å². The van der Waals surface area contributed by atoms with Gasteiger partial charge >= 0.3 is 0 Å². The summed E-state index contributed by atoms with van der Waals surface area (Å²) in [5.74, 6) is 0.147. The average molecular weight is 344 g/mol. The van der Waals surface area contributed by atoms with E-state index in [0.717, 1.165) is 49.9 Å². The Morgan fingerprint density at radius 2 is 1.64 bits per heavy atom. The third-order valence-corrected chi connectivity index (χ3v) is 5.05. The van der Waals surface area contributed by atoms with Gasteiger partial charge in [-0.05, 0) is 37.0 Å². The molecular weight excluding hydrogens is 312 g/mol. The van der Waals surface area contributed by atoms with E-state index in [1.807, 2.05) is 45.0 Å². The zero-order chi connectivity index (χ0) is 18.5. The first-order valence-electron chi connectivity index (χ1n) is 9.50. The molecule has 0 aliphatic heterocycles. The molecule has 2 rings (SSSR count). The molecule has 2 amide bonds. The predicted octanol–water partition coefficient (Wildman–Crippen LogP) is 4.40. The Morgan fingerprint density at radius 3 is 2.16 bits per heavy atom. The molecule has 0 spiro atoms. The van der Waals surface area contributed by atoms with Gasteiger partial charge in [-0.3, -0.25) is 9.59 Å². The number of benzene rings is 1. The Morgan fingerprint density at radius 1 is 1.04 bits per heavy atom. The van der Waals surface area contributed by atoms with Crippen LogP contribution in [0.4, 0.5) is 5.69 Å². The first-order valence-corrected chi connectivity index (χ1v) is 9.50. The number of amides is 2. The summed E-state index contributed by atoms with van der Waals surface area (Å²) in [4.78, 5) is 25.0. The first kappa shape index (κ1) is 19.5. The molecule has 1 aromatic carbocycles. The second-order valence-electron chi connectivity index (χ2n) is 8.18. The van der Waals surface area contributed by atoms with Gasteiger partial charge in [0.25, 0.3) is 0 Å². The SMILES string of the molecule is CCCNC(=O)C1(c2ccc(NC(=O)C(C)(C)C)cc2)CCCCC1. The van der Waals surface area contributed by atoms with Crippen molar-refractivity contribution in [1.29, 1.82) is 0 Å². The molecule has 0 saturated heterocycles. The second-order valence-corrected chi connectivity index (χ2v) is 8.18. The van der Waals surface area contributed by atoms with Crippen molar-refractivity contribution in [2.24, 2.45) is 5.41 Å². The molecule has 0 heterocycles. The summed E-state index contributed by atoms with van der Waals surface area (Å²) in [6.07, 6.45) is 6.11. The van der Waals surface area contributed by atoms with E-state index in [2.05, 4.69) is 17.6 Å². The van der Waals surface area contributed by atoms with Crippen molar-refractivity contribution in [3.8, 4) is 0 Å². The molecule has 1 fully saturated rings. The molecule has 1 aromatic rings. The Hall–Kier alpha value is -1.84. The van der Waals surface area contributed by atoms with E-state index >= 15 is 0 Å². The molecule has 0 radical (unpaired) electrons. The summed E-state index contributed by atoms with van der Waals surface area (Å²) in [7, 11) is 0. The number of rotatable bonds is 5. The van der Waals surface area contributed by atoms with Crippen LogP contribution in [-0.4, -0.2) is 18.4 Å². The molecule has 1 saturated carbocycles. The molecule has 0 atom stereocenters. The van der Waals surface area contributed by atoms with Gasteiger partial charge < -0.3 is 10.6 Å². The zero-order valence-electron chi connectivity index (χ0n) is 16.1. The quantitative estimate of drug-likeness (QED) is 0.832. The molecule has 0 aromatic heterocycles. The van der Waals surface area contributed by atoms with E-state index in [9.17, 15) is 9.59 Å². The summed E-state index contributed by atoms with van der Waals surface area (Å²) < 4.78 is 0. The van der Waals surface area contributed by atoms with Gasteiger partial charge in [0.15, 0.2) is 0 Å². The van der Waals surface area contributed by atoms with Crippen LogP contribution in [0.2, 0.25) is 0 Å². The van der Waals surface area contributed by atoms with Crippen molar-refractivity contribution in [2.75, 3.05) is 11.9 Å². The van der Waals surface area contributed by atoms with Gasteiger partial charge in [-0.1, -0.05) is 59.1 Å². The lowest BCUT2D eigenvalue weighted by atomic mass is 9.68. The minimum atomic E-state index is -0.427. The second kappa shape index (κ2) is 8.03. The molecule has 0 unspecified atom stereocenters. The minimum Gasteiger partial charge on any atom is -0.355 e. The van der Waals surface area contributed by atoms with Gasteiger partial charge in [0.2, 0.25) is 11.8 Å². The van der Waals surface area contributed by atoms with Crippen LogP contribution in [-0.2, 0) is 15.0 Å². The van der Waals surface area contributed by atoms with E-state index in [1.165, 1.54) is 6.42 Å². The Kier molecular flexibility index (Phi) is 6.26. The summed E-state index contributed by atoms with van der Waals surface area (Å²) in [5.41, 5.74) is 1.00. The predicted molar refractivity (Wildman–Crippen MR) is 103 cm³/mol. The molecule has 4 nitrogen and oxygen atoms in total. The van der Waals surface area contributed by atoms with Crippen LogP contribution >= 0.6 is 0 Å². The van der Waals surface area contributed by atoms with E-state index in [0.29, 0.717) is 0 Å². The molecule has 1 aliphatic carbocycles. The third-order valence-electron chi connectivity index (χ3n) is 5.05. The van der Waals surface area contributed by atoms with E-state index in [-0.39, 0.29) is 11.8 Å². The highest BCUT2D eigenvalue weighted by atomic mass is 16.2. The summed E-state index contributed by atoms with van der Waals surface area (Å²) in [5, 5.41) is 6.05. The summed E-state index contributed by atoms with van der Waals surface area (Å²) in [6, 6.07) is 7.86. The number of hydrogen-bond donors (Lipinski definition) is 2. The maximum Gasteiger partial charge on any atom is 0.230 e. The van der Waals surface area contributed by atoms with Crippen LogP contribution in [0.15, 0.2) is 24.3 Å². The largest absolute Gasteiger partial charge is 0.355 e. The Bertz CT molecular complexity index is 593. The van der Waals surface area contributed by atoms with Gasteiger partial charge in [0, 0.05) is 17.6 Å². The van der Waals surface area contributed by atoms with Crippen molar-refractivity contribution < 1.29 is 9.59 Å². The summed E-state index contributed by atoms with van der Waals surface area (Å²) in [6.45, 7) is 8.48. The fourth-order valence-corrected chi connectivity index (χ4v) is 3.40. The zero-order valence-corrected chi connectivity index (χ0v) is 16.1. The normalized spacial score (nSPS) is 17.0. The van der Waals surface area contributed by atoms with Crippen molar-refractivity contribution in [1.82, 2.24) is 5.32 Å². The molecular formula is C21H32N2O2. The molecule has 138 valence electrons. The van der Waals surface area contributed by atoms with Gasteiger partial charge in [-0.25, -0.2) is 0 Å². The van der Waals surface area contributed by atoms with E-state index < -0.39 is 10.8 Å². The molecule has 25 heavy (non-hydrogen) atoms. The van der Waals surface area contributed by atoms with Crippen molar-refractivity contribution in [3.05, 3.63) is 29.8 Å². The standard InChI is InChI=1S/C21H32N2O2/c1-5-15-22-19(25)21(13-7-6-8-14-21)16-9-11-17(12-10-16)23-18(24)20(2,3)4/h9-12H,5-8,13-15H2,1-4H3,(H,22,25)(H,23,24). The maximum absolute atomic E-state index is 12.9. The van der Waals surface area contributed by atoms with Crippen LogP contribution < -0.4 is 10.6 Å². The Balaban J connectivity index is 2.21. The highest BCUT2D eigenvalue weighted by molar-refractivity contribution is 5.94. The average Bonchev–Trinajstić information content (AvgIpc) is 2.60. The highest BCUT2D eigenvalue weighted by Crippen LogP contribution is 2.40. The first-order chi connectivity index (χ1) is 11.8. The number of carbonyl (C=O) groups excluding carboxylic acids is 2. The number of nitrogens with one attached hydrogen (secondary N) is 2. The van der Waals surface area contributed by atoms with Crippen LogP contribution in [0.3, 0.4) is 0 Å². The minimum absolute atomic E-state index is 0.00619. The van der Waals surface area contributed by atoms with Crippen LogP contribution in [0.1, 0.15) is 71.8 Å². The number of hydrogen-bond acceptors (Lipinski definition) is 2. The molecule has 0 bridgehead atoms. The van der Waals surface area contributed by atoms with Crippen molar-refractivity contribution in [3.63, 3.8) is 0 Å². The van der Waals surface area contributed by atoms with Gasteiger partial charge in [0.1, 0.15) is 0 Å². The van der Waals surface area contributed by atoms with Crippen LogP contribution in [0.25, 0.3) is 0 Å². The highest BCUT2D eigenvalue weighted by Gasteiger charge is 2.40. The number of anilines is 1. The third kappa shape index (κ3) is 4.62. The molecule has 1 aliphatic rings. The summed E-state index contributed by atoms with van der Waals surface area (Å²) >= 11 is 0. The van der Waals surface area contributed by atoms with E-state index in [1.54, 1.807) is 0 Å². The van der Waals surface area contributed by atoms with Gasteiger partial charge in [-0.2, -0.15) is 0 Å². The Labute approximate surface area is 151 Å². The molecule has 2 N–H and O–H groups in total. The lowest BCUT2D eigenvalue weighted by Gasteiger charge is -2.36. The lowest BCUT2D eigenvalue weighted by molar-refractivity contribution is -0.128. The fraction of sp³-hybridized carbons (Fsp3) is 0.619. The van der Waals surface area contributed by atoms with Gasteiger partial charge in [0.05, 0.1) is 5.41 Å². The van der Waals surface area contributed by atoms with E-state index in [4.69, 9.17) is 0 Å². The molecule has 4 heteroatoms. The van der Waals surface area contributed by atoms with Crippen molar-refractivity contribution in [2.45, 2.75) is 71.6 Å². The van der Waals surface area contributed by atoms with Gasteiger partial charge in [-0.15, -0.1) is 0 Å².